The number of carbonyl (C=O) groups is 1. The van der Waals surface area contributed by atoms with Gasteiger partial charge in [-0.2, -0.15) is 0 Å². The van der Waals surface area contributed by atoms with Crippen LogP contribution in [0.2, 0.25) is 0 Å². The van der Waals surface area contributed by atoms with E-state index >= 15 is 0 Å². The number of fused-ring (bicyclic) bond motifs is 4. The number of benzene rings is 2. The van der Waals surface area contributed by atoms with Gasteiger partial charge < -0.3 is 14.5 Å². The largest absolute Gasteiger partial charge is 0.415 e. The minimum absolute atomic E-state index is 0.234. The van der Waals surface area contributed by atoms with E-state index in [4.69, 9.17) is 4.74 Å². The summed E-state index contributed by atoms with van der Waals surface area (Å²) in [6.45, 7) is 3.87. The van der Waals surface area contributed by atoms with Gasteiger partial charge in [0.2, 0.25) is 0 Å². The predicted molar refractivity (Wildman–Crippen MR) is 101 cm³/mol. The topological polar surface area (TPSA) is 32.8 Å². The van der Waals surface area contributed by atoms with Gasteiger partial charge in [0, 0.05) is 43.3 Å². The van der Waals surface area contributed by atoms with Crippen molar-refractivity contribution in [2.75, 3.05) is 26.2 Å². The van der Waals surface area contributed by atoms with E-state index in [9.17, 15) is 4.79 Å². The number of amides is 1. The van der Waals surface area contributed by atoms with Crippen molar-refractivity contribution in [2.24, 2.45) is 0 Å². The summed E-state index contributed by atoms with van der Waals surface area (Å²) < 4.78 is 5.60. The molecule has 3 aliphatic heterocycles. The Kier molecular flexibility index (Phi) is 4.90. The van der Waals surface area contributed by atoms with E-state index in [0.29, 0.717) is 11.8 Å². The van der Waals surface area contributed by atoms with Crippen molar-refractivity contribution in [2.45, 2.75) is 18.9 Å². The lowest BCUT2D eigenvalue weighted by Gasteiger charge is -2.30. The van der Waals surface area contributed by atoms with E-state index in [2.05, 4.69) is 16.7 Å². The fourth-order valence-electron chi connectivity index (χ4n) is 3.56. The second-order valence-electron chi connectivity index (χ2n) is 6.77. The highest BCUT2D eigenvalue weighted by Gasteiger charge is 2.32. The van der Waals surface area contributed by atoms with E-state index in [1.807, 2.05) is 59.5 Å². The predicted octanol–water partition coefficient (Wildman–Crippen LogP) is 3.37. The average molecular weight is 346 g/mol. The Morgan fingerprint density at radius 1 is 0.846 bits per heavy atom. The zero-order valence-electron chi connectivity index (χ0n) is 14.7. The number of piperidine rings is 1. The molecule has 132 valence electrons. The molecule has 3 fully saturated rings. The van der Waals surface area contributed by atoms with Gasteiger partial charge in [0.25, 0.3) is 0 Å². The van der Waals surface area contributed by atoms with Crippen molar-refractivity contribution >= 4 is 6.09 Å². The minimum atomic E-state index is -0.234. The number of hydrogen-bond donors (Lipinski definition) is 0. The van der Waals surface area contributed by atoms with Crippen LogP contribution in [0.4, 0.5) is 4.79 Å². The first-order chi connectivity index (χ1) is 12.8. The fraction of sp³-hybridized carbons (Fsp3) is 0.318. The lowest BCUT2D eigenvalue weighted by atomic mass is 10.1. The van der Waals surface area contributed by atoms with Crippen molar-refractivity contribution in [1.82, 2.24) is 9.80 Å². The molecule has 4 nitrogen and oxygen atoms in total. The van der Waals surface area contributed by atoms with Crippen LogP contribution in [0.3, 0.4) is 0 Å². The maximum atomic E-state index is 12.6. The summed E-state index contributed by atoms with van der Waals surface area (Å²) in [5.41, 5.74) is 1.88. The molecule has 0 unspecified atom stereocenters. The highest BCUT2D eigenvalue weighted by Crippen LogP contribution is 2.22. The van der Waals surface area contributed by atoms with E-state index in [-0.39, 0.29) is 6.09 Å². The summed E-state index contributed by atoms with van der Waals surface area (Å²) in [5, 5.41) is 0. The Morgan fingerprint density at radius 3 is 2.19 bits per heavy atom. The van der Waals surface area contributed by atoms with Crippen molar-refractivity contribution in [3.63, 3.8) is 0 Å². The third-order valence-corrected chi connectivity index (χ3v) is 5.07. The van der Waals surface area contributed by atoms with E-state index < -0.39 is 0 Å². The summed E-state index contributed by atoms with van der Waals surface area (Å²) in [7, 11) is 0. The van der Waals surface area contributed by atoms with Crippen LogP contribution in [-0.4, -0.2) is 48.1 Å². The van der Waals surface area contributed by atoms with Gasteiger partial charge in [0.1, 0.15) is 5.75 Å². The summed E-state index contributed by atoms with van der Waals surface area (Å²) in [6, 6.07) is 17.6. The highest BCUT2D eigenvalue weighted by atomic mass is 16.6. The van der Waals surface area contributed by atoms with Gasteiger partial charge in [-0.15, -0.1) is 0 Å². The third kappa shape index (κ3) is 3.89. The molecule has 4 heteroatoms. The van der Waals surface area contributed by atoms with Gasteiger partial charge in [-0.25, -0.2) is 4.79 Å². The Labute approximate surface area is 154 Å². The van der Waals surface area contributed by atoms with Crippen LogP contribution in [0.15, 0.2) is 54.6 Å². The summed E-state index contributed by atoms with van der Waals surface area (Å²) in [6.07, 6.45) is 1.86. The standard InChI is InChI=1S/C22H22N2O2/c25-22(24-17-16-23-14-12-20(24)13-15-23)26-21-10-8-19(9-11-21)7-6-18-4-2-1-3-5-18/h1-5,8-11,20H,12-17H2. The highest BCUT2D eigenvalue weighted by molar-refractivity contribution is 5.71. The van der Waals surface area contributed by atoms with E-state index in [0.717, 1.165) is 50.1 Å². The summed E-state index contributed by atoms with van der Waals surface area (Å²) >= 11 is 0. The molecule has 0 spiro atoms. The number of hydrogen-bond acceptors (Lipinski definition) is 3. The number of ether oxygens (including phenoxy) is 1. The maximum Gasteiger partial charge on any atom is 0.415 e. The lowest BCUT2D eigenvalue weighted by molar-refractivity contribution is 0.131. The van der Waals surface area contributed by atoms with Crippen LogP contribution in [0.25, 0.3) is 0 Å². The molecule has 0 N–H and O–H groups in total. The smallest absolute Gasteiger partial charge is 0.410 e. The molecule has 26 heavy (non-hydrogen) atoms. The van der Waals surface area contributed by atoms with Crippen LogP contribution < -0.4 is 4.74 Å². The molecule has 0 radical (unpaired) electrons. The SMILES string of the molecule is O=C(Oc1ccc(C#Cc2ccccc2)cc1)N1CCN2CCC1CC2. The van der Waals surface area contributed by atoms with Crippen LogP contribution >= 0.6 is 0 Å². The first kappa shape index (κ1) is 16.7. The maximum absolute atomic E-state index is 12.6. The number of rotatable bonds is 1. The Hall–Kier alpha value is -2.77. The third-order valence-electron chi connectivity index (χ3n) is 5.07. The average Bonchev–Trinajstić information content (AvgIpc) is 3.02. The molecule has 0 saturated carbocycles. The summed E-state index contributed by atoms with van der Waals surface area (Å²) in [4.78, 5) is 16.9. The molecule has 3 heterocycles. The van der Waals surface area contributed by atoms with Gasteiger partial charge in [-0.05, 0) is 49.2 Å². The van der Waals surface area contributed by atoms with Crippen molar-refractivity contribution in [1.29, 1.82) is 0 Å². The number of nitrogens with zero attached hydrogens (tertiary/aromatic N) is 2. The van der Waals surface area contributed by atoms with E-state index in [1.165, 1.54) is 0 Å². The van der Waals surface area contributed by atoms with Gasteiger partial charge in [-0.1, -0.05) is 30.0 Å². The second kappa shape index (κ2) is 7.63. The molecule has 2 aromatic rings. The van der Waals surface area contributed by atoms with Gasteiger partial charge in [0.05, 0.1) is 0 Å². The molecule has 2 bridgehead atoms. The van der Waals surface area contributed by atoms with Crippen molar-refractivity contribution in [3.05, 3.63) is 65.7 Å². The molecular weight excluding hydrogens is 324 g/mol. The molecule has 1 amide bonds. The van der Waals surface area contributed by atoms with Crippen LogP contribution in [0.5, 0.6) is 5.75 Å². The van der Waals surface area contributed by atoms with Crippen molar-refractivity contribution in [3.8, 4) is 17.6 Å². The van der Waals surface area contributed by atoms with Crippen LogP contribution in [0.1, 0.15) is 24.0 Å². The zero-order chi connectivity index (χ0) is 17.8. The first-order valence-electron chi connectivity index (χ1n) is 9.16. The monoisotopic (exact) mass is 346 g/mol. The van der Waals surface area contributed by atoms with Crippen LogP contribution in [0, 0.1) is 11.8 Å². The molecule has 2 aromatic carbocycles. The van der Waals surface area contributed by atoms with Crippen molar-refractivity contribution < 1.29 is 9.53 Å². The normalized spacial score (nSPS) is 21.5. The lowest BCUT2D eigenvalue weighted by Crippen LogP contribution is -2.43. The minimum Gasteiger partial charge on any atom is -0.410 e. The second-order valence-corrected chi connectivity index (χ2v) is 6.77. The fourth-order valence-corrected chi connectivity index (χ4v) is 3.56. The summed E-state index contributed by atoms with van der Waals surface area (Å²) in [5.74, 6) is 6.82. The molecule has 3 saturated heterocycles. The molecule has 0 atom stereocenters. The molecule has 3 aliphatic rings. The molecule has 0 aromatic heterocycles. The Balaban J connectivity index is 1.39. The van der Waals surface area contributed by atoms with Crippen LogP contribution in [-0.2, 0) is 0 Å². The Morgan fingerprint density at radius 2 is 1.50 bits per heavy atom. The van der Waals surface area contributed by atoms with E-state index in [1.54, 1.807) is 0 Å². The Bertz CT molecular complexity index is 813. The van der Waals surface area contributed by atoms with Gasteiger partial charge in [0.15, 0.2) is 0 Å². The zero-order valence-corrected chi connectivity index (χ0v) is 14.7. The number of carbonyl (C=O) groups excluding carboxylic acids is 1. The first-order valence-corrected chi connectivity index (χ1v) is 9.16. The molecule has 0 aliphatic carbocycles. The molecule has 5 rings (SSSR count). The molecular formula is C22H22N2O2. The quantitative estimate of drug-likeness (QED) is 0.742. The van der Waals surface area contributed by atoms with Gasteiger partial charge in [-0.3, -0.25) is 0 Å². The van der Waals surface area contributed by atoms with Gasteiger partial charge >= 0.3 is 6.09 Å².